The fourth-order valence-corrected chi connectivity index (χ4v) is 5.19. The van der Waals surface area contributed by atoms with Crippen LogP contribution < -0.4 is 10.2 Å². The van der Waals surface area contributed by atoms with E-state index in [1.807, 2.05) is 6.07 Å². The smallest absolute Gasteiger partial charge is 0.476 e. The Kier molecular flexibility index (Phi) is 12.7. The summed E-state index contributed by atoms with van der Waals surface area (Å²) in [6.45, 7) is 2.24. The molecule has 0 atom stereocenters. The average molecular weight is 575 g/mol. The Labute approximate surface area is 239 Å². The molecule has 6 nitrogen and oxygen atoms in total. The molecule has 0 aliphatic rings. The summed E-state index contributed by atoms with van der Waals surface area (Å²) in [4.78, 5) is 25.0. The van der Waals surface area contributed by atoms with E-state index in [9.17, 15) is 27.9 Å². The molecule has 0 fully saturated rings. The summed E-state index contributed by atoms with van der Waals surface area (Å²) < 4.78 is 42.9. The minimum Gasteiger partial charge on any atom is -0.476 e. The van der Waals surface area contributed by atoms with Gasteiger partial charge in [-0.1, -0.05) is 103 Å². The van der Waals surface area contributed by atoms with E-state index in [0.717, 1.165) is 37.0 Å². The highest BCUT2D eigenvalue weighted by Gasteiger charge is 2.31. The molecule has 0 saturated carbocycles. The van der Waals surface area contributed by atoms with Crippen molar-refractivity contribution in [2.45, 2.75) is 110 Å². The van der Waals surface area contributed by atoms with Gasteiger partial charge in [-0.05, 0) is 48.7 Å². The molecule has 3 rings (SSSR count). The van der Waals surface area contributed by atoms with Crippen LogP contribution in [0.1, 0.15) is 113 Å². The summed E-state index contributed by atoms with van der Waals surface area (Å²) in [6.07, 6.45) is 13.1. The summed E-state index contributed by atoms with van der Waals surface area (Å²) in [5, 5.41) is 13.9. The standard InChI is InChI=1S/C32H41F3N2O4/c1-2-3-4-5-6-7-8-9-10-11-12-13-14-15-17-24-18-16-19-27-28(24)30(38)29(31(39)40)36-37(27)25-20-22-26(23-21-25)41-32(33,34)35/h16,18-23H,2-15,17H2,1H3,(H,39,40). The van der Waals surface area contributed by atoms with E-state index < -0.39 is 29.2 Å². The lowest BCUT2D eigenvalue weighted by Gasteiger charge is -2.14. The van der Waals surface area contributed by atoms with Gasteiger partial charge in [-0.2, -0.15) is 5.10 Å². The highest BCUT2D eigenvalue weighted by atomic mass is 19.4. The molecule has 0 unspecified atom stereocenters. The Hall–Kier alpha value is -3.36. The van der Waals surface area contributed by atoms with Crippen LogP contribution in [-0.4, -0.2) is 27.2 Å². The van der Waals surface area contributed by atoms with Crippen LogP contribution in [0.3, 0.4) is 0 Å². The van der Waals surface area contributed by atoms with E-state index in [1.54, 1.807) is 12.1 Å². The number of fused-ring (bicyclic) bond motifs is 1. The van der Waals surface area contributed by atoms with Crippen LogP contribution in [-0.2, 0) is 6.42 Å². The number of nitrogens with zero attached hydrogens (tertiary/aromatic N) is 2. The summed E-state index contributed by atoms with van der Waals surface area (Å²) >= 11 is 0. The first-order valence-electron chi connectivity index (χ1n) is 14.9. The molecule has 0 amide bonds. The quantitative estimate of drug-likeness (QED) is 0.153. The van der Waals surface area contributed by atoms with Gasteiger partial charge in [0, 0.05) is 0 Å². The van der Waals surface area contributed by atoms with Gasteiger partial charge in [0.1, 0.15) is 5.75 Å². The third kappa shape index (κ3) is 10.2. The number of halogens is 3. The van der Waals surface area contributed by atoms with E-state index in [1.165, 1.54) is 87.4 Å². The van der Waals surface area contributed by atoms with E-state index in [4.69, 9.17) is 0 Å². The summed E-state index contributed by atoms with van der Waals surface area (Å²) in [5.74, 6) is -1.88. The van der Waals surface area contributed by atoms with Crippen molar-refractivity contribution in [2.75, 3.05) is 0 Å². The van der Waals surface area contributed by atoms with Gasteiger partial charge >= 0.3 is 12.3 Å². The first kappa shape index (κ1) is 32.2. The fraction of sp³-hybridized carbons (Fsp3) is 0.531. The number of aryl methyl sites for hydroxylation is 1. The second-order valence-electron chi connectivity index (χ2n) is 10.6. The molecule has 3 aromatic rings. The maximum atomic E-state index is 13.1. The number of aromatic carboxylic acids is 1. The number of unbranched alkanes of at least 4 members (excludes halogenated alkanes) is 13. The number of hydrogen-bond acceptors (Lipinski definition) is 4. The molecule has 1 aromatic heterocycles. The zero-order valence-corrected chi connectivity index (χ0v) is 23.8. The maximum Gasteiger partial charge on any atom is 0.573 e. The zero-order valence-electron chi connectivity index (χ0n) is 23.8. The molecule has 0 radical (unpaired) electrons. The lowest BCUT2D eigenvalue weighted by Crippen LogP contribution is -2.23. The molecular weight excluding hydrogens is 533 g/mol. The predicted octanol–water partition coefficient (Wildman–Crippen LogP) is 9.01. The molecule has 0 spiro atoms. The van der Waals surface area contributed by atoms with Crippen LogP contribution >= 0.6 is 0 Å². The first-order valence-corrected chi connectivity index (χ1v) is 14.9. The topological polar surface area (TPSA) is 81.4 Å². The molecule has 0 saturated heterocycles. The minimum absolute atomic E-state index is 0.269. The third-order valence-electron chi connectivity index (χ3n) is 7.32. The van der Waals surface area contributed by atoms with Gasteiger partial charge in [0.15, 0.2) is 0 Å². The van der Waals surface area contributed by atoms with Gasteiger partial charge in [0.2, 0.25) is 11.1 Å². The van der Waals surface area contributed by atoms with Crippen molar-refractivity contribution in [3.8, 4) is 11.4 Å². The summed E-state index contributed by atoms with van der Waals surface area (Å²) in [5.41, 5.74) is 0.137. The van der Waals surface area contributed by atoms with E-state index in [-0.39, 0.29) is 5.39 Å². The van der Waals surface area contributed by atoms with Crippen LogP contribution in [0, 0.1) is 0 Å². The molecule has 2 aromatic carbocycles. The lowest BCUT2D eigenvalue weighted by atomic mass is 10.00. The Morgan fingerprint density at radius 3 is 1.88 bits per heavy atom. The molecule has 0 aliphatic carbocycles. The lowest BCUT2D eigenvalue weighted by molar-refractivity contribution is -0.274. The molecule has 9 heteroatoms. The van der Waals surface area contributed by atoms with Crippen molar-refractivity contribution < 1.29 is 27.8 Å². The molecule has 1 N–H and O–H groups in total. The number of alkyl halides is 3. The van der Waals surface area contributed by atoms with Crippen LogP contribution in [0.5, 0.6) is 5.75 Å². The van der Waals surface area contributed by atoms with Crippen LogP contribution in [0.25, 0.3) is 16.6 Å². The van der Waals surface area contributed by atoms with Gasteiger partial charge in [-0.15, -0.1) is 13.2 Å². The van der Waals surface area contributed by atoms with Crippen LogP contribution in [0.4, 0.5) is 13.2 Å². The molecular formula is C32H41F3N2O4. The molecule has 41 heavy (non-hydrogen) atoms. The summed E-state index contributed by atoms with van der Waals surface area (Å²) in [6, 6.07) is 10.2. The van der Waals surface area contributed by atoms with E-state index in [2.05, 4.69) is 16.8 Å². The second kappa shape index (κ2) is 16.2. The van der Waals surface area contributed by atoms with Crippen molar-refractivity contribution in [1.82, 2.24) is 9.78 Å². The van der Waals surface area contributed by atoms with Crippen molar-refractivity contribution >= 4 is 16.9 Å². The number of benzene rings is 2. The molecule has 224 valence electrons. The third-order valence-corrected chi connectivity index (χ3v) is 7.32. The van der Waals surface area contributed by atoms with Crippen molar-refractivity contribution in [3.05, 3.63) is 63.9 Å². The van der Waals surface area contributed by atoms with Crippen LogP contribution in [0.15, 0.2) is 47.3 Å². The zero-order chi connectivity index (χ0) is 29.7. The highest BCUT2D eigenvalue weighted by Crippen LogP contribution is 2.26. The highest BCUT2D eigenvalue weighted by molar-refractivity contribution is 5.92. The Morgan fingerprint density at radius 1 is 0.829 bits per heavy atom. The van der Waals surface area contributed by atoms with Crippen molar-refractivity contribution in [2.24, 2.45) is 0 Å². The van der Waals surface area contributed by atoms with Crippen molar-refractivity contribution in [1.29, 1.82) is 0 Å². The Balaban J connectivity index is 1.59. The predicted molar refractivity (Wildman–Crippen MR) is 155 cm³/mol. The van der Waals surface area contributed by atoms with E-state index >= 15 is 0 Å². The van der Waals surface area contributed by atoms with Gasteiger partial charge in [0.25, 0.3) is 0 Å². The largest absolute Gasteiger partial charge is 0.573 e. The molecule has 0 aliphatic heterocycles. The minimum atomic E-state index is -4.83. The normalized spacial score (nSPS) is 11.7. The van der Waals surface area contributed by atoms with Gasteiger partial charge in [-0.3, -0.25) is 4.79 Å². The SMILES string of the molecule is CCCCCCCCCCCCCCCCc1cccc2c1c(=O)c(C(=O)O)nn2-c1ccc(OC(F)(F)F)cc1. The van der Waals surface area contributed by atoms with Gasteiger partial charge < -0.3 is 9.84 Å². The number of ether oxygens (including phenoxy) is 1. The first-order chi connectivity index (χ1) is 19.7. The van der Waals surface area contributed by atoms with Gasteiger partial charge in [-0.25, -0.2) is 9.48 Å². The second-order valence-corrected chi connectivity index (χ2v) is 10.6. The van der Waals surface area contributed by atoms with Crippen molar-refractivity contribution in [3.63, 3.8) is 0 Å². The molecule has 0 bridgehead atoms. The van der Waals surface area contributed by atoms with E-state index in [0.29, 0.717) is 17.6 Å². The monoisotopic (exact) mass is 574 g/mol. The van der Waals surface area contributed by atoms with Crippen LogP contribution in [0.2, 0.25) is 0 Å². The number of carboxylic acid groups (broad SMARTS) is 1. The number of hydrogen-bond donors (Lipinski definition) is 1. The summed E-state index contributed by atoms with van der Waals surface area (Å²) in [7, 11) is 0. The Morgan fingerprint density at radius 2 is 1.37 bits per heavy atom. The molecule has 1 heterocycles. The number of rotatable bonds is 18. The Bertz CT molecular complexity index is 1300. The maximum absolute atomic E-state index is 13.1. The average Bonchev–Trinajstić information content (AvgIpc) is 2.93. The number of carbonyl (C=O) groups is 1. The number of aromatic nitrogens is 2. The number of carboxylic acids is 1. The van der Waals surface area contributed by atoms with Gasteiger partial charge in [0.05, 0.1) is 16.6 Å². The fourth-order valence-electron chi connectivity index (χ4n) is 5.19.